The first-order valence-corrected chi connectivity index (χ1v) is 8.50. The number of phenols is 2. The zero-order valence-electron chi connectivity index (χ0n) is 15.0. The van der Waals surface area contributed by atoms with Crippen molar-refractivity contribution in [3.8, 4) is 23.0 Å². The molecule has 3 aromatic carbocycles. The molecule has 28 heavy (non-hydrogen) atoms. The first kappa shape index (κ1) is 16.3. The molecule has 0 amide bonds. The van der Waals surface area contributed by atoms with Crippen LogP contribution in [0.1, 0.15) is 0 Å². The molecular weight excluding hydrogens is 362 g/mol. The van der Waals surface area contributed by atoms with E-state index >= 15 is 0 Å². The van der Waals surface area contributed by atoms with E-state index in [0.717, 1.165) is 16.3 Å². The molecule has 0 fully saturated rings. The van der Waals surface area contributed by atoms with Crippen LogP contribution < -0.4 is 15.1 Å². The van der Waals surface area contributed by atoms with Gasteiger partial charge in [-0.1, -0.05) is 12.1 Å². The average molecular weight is 377 g/mol. The van der Waals surface area contributed by atoms with E-state index in [-0.39, 0.29) is 22.8 Å². The number of methoxy groups -OCH3 is 2. The Hall–Kier alpha value is -3.87. The summed E-state index contributed by atoms with van der Waals surface area (Å²) in [6.45, 7) is 0. The normalized spacial score (nSPS) is 11.6. The number of aromatic amines is 1. The van der Waals surface area contributed by atoms with Crippen LogP contribution in [0, 0.1) is 0 Å². The van der Waals surface area contributed by atoms with Crippen LogP contribution in [0.25, 0.3) is 43.5 Å². The average Bonchev–Trinajstić information content (AvgIpc) is 3.07. The molecule has 7 nitrogen and oxygen atoms in total. The van der Waals surface area contributed by atoms with Gasteiger partial charge < -0.3 is 29.1 Å². The predicted octanol–water partition coefficient (Wildman–Crippen LogP) is 4.01. The highest BCUT2D eigenvalue weighted by atomic mass is 16.5. The summed E-state index contributed by atoms with van der Waals surface area (Å²) >= 11 is 0. The molecule has 5 rings (SSSR count). The molecule has 0 aliphatic heterocycles. The Morgan fingerprint density at radius 3 is 2.25 bits per heavy atom. The second kappa shape index (κ2) is 5.56. The van der Waals surface area contributed by atoms with Crippen molar-refractivity contribution in [2.45, 2.75) is 0 Å². The molecule has 0 atom stereocenters. The fourth-order valence-electron chi connectivity index (χ4n) is 3.73. The van der Waals surface area contributed by atoms with Crippen LogP contribution in [0.3, 0.4) is 0 Å². The molecule has 0 radical (unpaired) electrons. The van der Waals surface area contributed by atoms with Crippen LogP contribution in [0.2, 0.25) is 0 Å². The van der Waals surface area contributed by atoms with Gasteiger partial charge in [0.1, 0.15) is 5.58 Å². The van der Waals surface area contributed by atoms with Crippen molar-refractivity contribution >= 4 is 43.5 Å². The van der Waals surface area contributed by atoms with Gasteiger partial charge in [0.05, 0.1) is 30.6 Å². The number of ether oxygens (including phenoxy) is 2. The number of benzene rings is 3. The molecule has 0 spiro atoms. The zero-order valence-corrected chi connectivity index (χ0v) is 15.0. The monoisotopic (exact) mass is 377 g/mol. The molecule has 0 saturated carbocycles. The molecule has 0 unspecified atom stereocenters. The molecule has 0 aliphatic carbocycles. The lowest BCUT2D eigenvalue weighted by atomic mass is 10.1. The maximum atomic E-state index is 12.7. The minimum atomic E-state index is -0.511. The Bertz CT molecular complexity index is 1480. The number of rotatable bonds is 2. The molecule has 0 saturated heterocycles. The molecule has 0 bridgehead atoms. The van der Waals surface area contributed by atoms with Gasteiger partial charge in [-0.05, 0) is 23.6 Å². The van der Waals surface area contributed by atoms with Gasteiger partial charge in [-0.25, -0.2) is 4.79 Å². The van der Waals surface area contributed by atoms with Crippen molar-refractivity contribution < 1.29 is 24.1 Å². The Labute approximate surface area is 157 Å². The first-order valence-electron chi connectivity index (χ1n) is 8.50. The summed E-state index contributed by atoms with van der Waals surface area (Å²) in [6.07, 6.45) is 0. The topological polar surface area (TPSA) is 105 Å². The Morgan fingerprint density at radius 1 is 0.857 bits per heavy atom. The van der Waals surface area contributed by atoms with Crippen LogP contribution in [-0.2, 0) is 0 Å². The highest BCUT2D eigenvalue weighted by Gasteiger charge is 2.18. The number of H-pyrrole nitrogens is 1. The van der Waals surface area contributed by atoms with E-state index in [9.17, 15) is 15.0 Å². The largest absolute Gasteiger partial charge is 0.504 e. The number of phenolic OH excluding ortho intramolecular Hbond substituents is 2. The highest BCUT2D eigenvalue weighted by molar-refractivity contribution is 6.21. The molecular formula is C21H15NO6. The third-order valence-corrected chi connectivity index (χ3v) is 5.05. The SMILES string of the molecule is COc1cc2c(ccc3c2[nH]c2c4cc(OC)c(O)cc4oc(=O)c32)cc1O. The standard InChI is InChI=1S/C21H15NO6/c1-26-16-6-11-9(5-13(16)23)3-4-10-18-20(22-19(10)11)12-7-17(27-2)14(24)8-15(12)28-21(18)25/h3-8,22-24H,1-2H3. The van der Waals surface area contributed by atoms with Gasteiger partial charge in [-0.15, -0.1) is 0 Å². The fourth-order valence-corrected chi connectivity index (χ4v) is 3.73. The van der Waals surface area contributed by atoms with Crippen molar-refractivity contribution in [1.29, 1.82) is 0 Å². The molecule has 5 aromatic rings. The van der Waals surface area contributed by atoms with Crippen molar-refractivity contribution in [1.82, 2.24) is 4.98 Å². The maximum absolute atomic E-state index is 12.7. The van der Waals surface area contributed by atoms with Gasteiger partial charge in [0.2, 0.25) is 0 Å². The van der Waals surface area contributed by atoms with E-state index in [1.54, 1.807) is 18.2 Å². The molecule has 140 valence electrons. The lowest BCUT2D eigenvalue weighted by molar-refractivity contribution is 0.373. The van der Waals surface area contributed by atoms with Gasteiger partial charge in [-0.3, -0.25) is 0 Å². The Kier molecular flexibility index (Phi) is 3.24. The van der Waals surface area contributed by atoms with Crippen LogP contribution in [0.4, 0.5) is 0 Å². The molecule has 0 aliphatic rings. The van der Waals surface area contributed by atoms with E-state index in [0.29, 0.717) is 27.4 Å². The number of aromatic hydroxyl groups is 2. The first-order chi connectivity index (χ1) is 13.5. The summed E-state index contributed by atoms with van der Waals surface area (Å²) in [5, 5.41) is 23.3. The number of aromatic nitrogens is 1. The van der Waals surface area contributed by atoms with Crippen LogP contribution in [0.5, 0.6) is 23.0 Å². The lowest BCUT2D eigenvalue weighted by Gasteiger charge is -2.06. The second-order valence-electron chi connectivity index (χ2n) is 6.52. The van der Waals surface area contributed by atoms with Gasteiger partial charge in [-0.2, -0.15) is 0 Å². The van der Waals surface area contributed by atoms with Crippen molar-refractivity contribution in [2.24, 2.45) is 0 Å². The predicted molar refractivity (Wildman–Crippen MR) is 106 cm³/mol. The molecule has 2 aromatic heterocycles. The van der Waals surface area contributed by atoms with Crippen LogP contribution in [-0.4, -0.2) is 29.4 Å². The van der Waals surface area contributed by atoms with Crippen molar-refractivity contribution in [3.63, 3.8) is 0 Å². The summed E-state index contributed by atoms with van der Waals surface area (Å²) in [6, 6.07) is 9.95. The minimum Gasteiger partial charge on any atom is -0.504 e. The smallest absolute Gasteiger partial charge is 0.346 e. The van der Waals surface area contributed by atoms with E-state index in [1.807, 2.05) is 12.1 Å². The summed E-state index contributed by atoms with van der Waals surface area (Å²) in [4.78, 5) is 16.0. The lowest BCUT2D eigenvalue weighted by Crippen LogP contribution is -1.98. The zero-order chi connectivity index (χ0) is 19.6. The van der Waals surface area contributed by atoms with Crippen LogP contribution in [0.15, 0.2) is 45.6 Å². The van der Waals surface area contributed by atoms with Gasteiger partial charge in [0.15, 0.2) is 23.0 Å². The summed E-state index contributed by atoms with van der Waals surface area (Å²) in [7, 11) is 2.93. The Morgan fingerprint density at radius 2 is 1.54 bits per heavy atom. The number of nitrogens with one attached hydrogen (secondary N) is 1. The number of fused-ring (bicyclic) bond motifs is 7. The van der Waals surface area contributed by atoms with Gasteiger partial charge >= 0.3 is 5.63 Å². The number of hydrogen-bond donors (Lipinski definition) is 3. The number of hydrogen-bond acceptors (Lipinski definition) is 6. The van der Waals surface area contributed by atoms with Gasteiger partial charge in [0, 0.05) is 22.2 Å². The third-order valence-electron chi connectivity index (χ3n) is 5.05. The summed E-state index contributed by atoms with van der Waals surface area (Å²) in [5.74, 6) is 0.537. The van der Waals surface area contributed by atoms with E-state index in [4.69, 9.17) is 13.9 Å². The van der Waals surface area contributed by atoms with Crippen LogP contribution >= 0.6 is 0 Å². The van der Waals surface area contributed by atoms with Crippen molar-refractivity contribution in [2.75, 3.05) is 14.2 Å². The van der Waals surface area contributed by atoms with E-state index in [2.05, 4.69) is 4.98 Å². The van der Waals surface area contributed by atoms with E-state index in [1.165, 1.54) is 20.3 Å². The molecule has 2 heterocycles. The van der Waals surface area contributed by atoms with Gasteiger partial charge in [0.25, 0.3) is 0 Å². The second-order valence-corrected chi connectivity index (χ2v) is 6.52. The third kappa shape index (κ3) is 2.07. The fraction of sp³-hybridized carbons (Fsp3) is 0.0952. The van der Waals surface area contributed by atoms with E-state index < -0.39 is 5.63 Å². The molecule has 3 N–H and O–H groups in total. The van der Waals surface area contributed by atoms with Crippen molar-refractivity contribution in [3.05, 3.63) is 46.8 Å². The minimum absolute atomic E-state index is 0.0376. The summed E-state index contributed by atoms with van der Waals surface area (Å²) < 4.78 is 15.9. The highest BCUT2D eigenvalue weighted by Crippen LogP contribution is 2.39. The summed E-state index contributed by atoms with van der Waals surface area (Å²) in [5.41, 5.74) is 1.04. The molecule has 7 heteroatoms. The maximum Gasteiger partial charge on any atom is 0.346 e. The Balaban J connectivity index is 2.01. The quantitative estimate of drug-likeness (QED) is 0.402.